The molecule has 2 bridgehead atoms. The van der Waals surface area contributed by atoms with Crippen molar-refractivity contribution in [2.45, 2.75) is 39.5 Å². The van der Waals surface area contributed by atoms with Gasteiger partial charge in [-0.1, -0.05) is 18.0 Å². The van der Waals surface area contributed by atoms with Gasteiger partial charge in [0.1, 0.15) is 0 Å². The molecule has 3 atom stereocenters. The first kappa shape index (κ1) is 12.2. The summed E-state index contributed by atoms with van der Waals surface area (Å²) in [4.78, 5) is 12.7. The van der Waals surface area contributed by atoms with Crippen LogP contribution in [0.3, 0.4) is 0 Å². The lowest BCUT2D eigenvalue weighted by Gasteiger charge is -2.21. The van der Waals surface area contributed by atoms with Crippen LogP contribution in [0.25, 0.3) is 0 Å². The van der Waals surface area contributed by atoms with Gasteiger partial charge in [-0.15, -0.1) is 0 Å². The van der Waals surface area contributed by atoms with Crippen molar-refractivity contribution in [2.24, 2.45) is 17.8 Å². The highest BCUT2D eigenvalue weighted by atomic mass is 35.5. The molecule has 2 aliphatic carbocycles. The molecule has 0 saturated heterocycles. The molecule has 0 N–H and O–H groups in total. The smallest absolute Gasteiger partial charge is 0.166 e. The van der Waals surface area contributed by atoms with E-state index in [1.165, 1.54) is 19.3 Å². The molecule has 96 valence electrons. The van der Waals surface area contributed by atoms with E-state index in [4.69, 9.17) is 11.6 Å². The molecular formula is C16H19ClO. The van der Waals surface area contributed by atoms with E-state index in [1.807, 2.05) is 26.0 Å². The molecule has 0 aromatic heterocycles. The number of rotatable bonds is 2. The maximum absolute atomic E-state index is 12.7. The molecule has 0 heterocycles. The van der Waals surface area contributed by atoms with Crippen LogP contribution in [0.1, 0.15) is 47.2 Å². The van der Waals surface area contributed by atoms with Gasteiger partial charge in [0.05, 0.1) is 0 Å². The van der Waals surface area contributed by atoms with Crippen LogP contribution in [0.2, 0.25) is 5.02 Å². The Hall–Kier alpha value is -0.820. The number of fused-ring (bicyclic) bond motifs is 2. The van der Waals surface area contributed by atoms with Crippen molar-refractivity contribution in [3.8, 4) is 0 Å². The Morgan fingerprint density at radius 1 is 1.17 bits per heavy atom. The molecule has 2 saturated carbocycles. The van der Waals surface area contributed by atoms with Gasteiger partial charge in [-0.2, -0.15) is 0 Å². The van der Waals surface area contributed by atoms with Crippen LogP contribution in [0.15, 0.2) is 12.1 Å². The van der Waals surface area contributed by atoms with Gasteiger partial charge in [-0.25, -0.2) is 0 Å². The Bertz CT molecular complexity index is 506. The third-order valence-electron chi connectivity index (χ3n) is 4.85. The Balaban J connectivity index is 1.91. The molecule has 18 heavy (non-hydrogen) atoms. The van der Waals surface area contributed by atoms with Crippen molar-refractivity contribution in [3.05, 3.63) is 33.8 Å². The second-order valence-electron chi connectivity index (χ2n) is 6.06. The average molecular weight is 263 g/mol. The minimum atomic E-state index is 0.281. The molecule has 0 radical (unpaired) electrons. The lowest BCUT2D eigenvalue weighted by Crippen LogP contribution is -2.21. The lowest BCUT2D eigenvalue weighted by molar-refractivity contribution is 0.0874. The number of hydrogen-bond acceptors (Lipinski definition) is 1. The Morgan fingerprint density at radius 3 is 2.56 bits per heavy atom. The number of benzene rings is 1. The van der Waals surface area contributed by atoms with E-state index in [1.54, 1.807) is 0 Å². The van der Waals surface area contributed by atoms with Crippen LogP contribution in [-0.4, -0.2) is 5.78 Å². The highest BCUT2D eigenvalue weighted by Crippen LogP contribution is 2.49. The zero-order valence-corrected chi connectivity index (χ0v) is 11.8. The van der Waals surface area contributed by atoms with Crippen molar-refractivity contribution in [1.82, 2.24) is 0 Å². The second-order valence-corrected chi connectivity index (χ2v) is 6.47. The molecule has 0 aliphatic heterocycles. The summed E-state index contributed by atoms with van der Waals surface area (Å²) in [5.41, 5.74) is 2.93. The quantitative estimate of drug-likeness (QED) is 0.713. The van der Waals surface area contributed by atoms with Gasteiger partial charge in [0, 0.05) is 16.5 Å². The van der Waals surface area contributed by atoms with Gasteiger partial charge in [0.25, 0.3) is 0 Å². The van der Waals surface area contributed by atoms with Crippen molar-refractivity contribution in [1.29, 1.82) is 0 Å². The summed E-state index contributed by atoms with van der Waals surface area (Å²) in [5.74, 6) is 2.11. The molecule has 3 rings (SSSR count). The van der Waals surface area contributed by atoms with Crippen LogP contribution in [0.5, 0.6) is 0 Å². The highest BCUT2D eigenvalue weighted by molar-refractivity contribution is 6.31. The molecular weight excluding hydrogens is 244 g/mol. The standard InChI is InChI=1S/C16H19ClO/c1-9-6-15(17)10(2)5-13(9)16(18)14-8-11-3-4-12(14)7-11/h5-6,11-12,14H,3-4,7-8H2,1-2H3. The molecule has 0 amide bonds. The third-order valence-corrected chi connectivity index (χ3v) is 5.25. The van der Waals surface area contributed by atoms with E-state index in [0.29, 0.717) is 11.7 Å². The summed E-state index contributed by atoms with van der Waals surface area (Å²) in [7, 11) is 0. The first-order valence-corrected chi connectivity index (χ1v) is 7.25. The number of ketones is 1. The monoisotopic (exact) mass is 262 g/mol. The predicted molar refractivity (Wildman–Crippen MR) is 74.2 cm³/mol. The van der Waals surface area contributed by atoms with Crippen LogP contribution in [-0.2, 0) is 0 Å². The van der Waals surface area contributed by atoms with E-state index < -0.39 is 0 Å². The minimum Gasteiger partial charge on any atom is -0.294 e. The van der Waals surface area contributed by atoms with Crippen LogP contribution in [0.4, 0.5) is 0 Å². The summed E-state index contributed by atoms with van der Waals surface area (Å²) in [6, 6.07) is 3.91. The van der Waals surface area contributed by atoms with Crippen LogP contribution in [0, 0.1) is 31.6 Å². The Kier molecular flexibility index (Phi) is 2.97. The van der Waals surface area contributed by atoms with E-state index in [0.717, 1.165) is 34.1 Å². The Morgan fingerprint density at radius 2 is 1.94 bits per heavy atom. The van der Waals surface area contributed by atoms with Gasteiger partial charge >= 0.3 is 0 Å². The summed E-state index contributed by atoms with van der Waals surface area (Å²) in [6.45, 7) is 3.96. The fourth-order valence-corrected chi connectivity index (χ4v) is 4.03. The summed E-state index contributed by atoms with van der Waals surface area (Å²) in [6.07, 6.45) is 4.99. The van der Waals surface area contributed by atoms with Gasteiger partial charge in [0.2, 0.25) is 0 Å². The SMILES string of the molecule is Cc1cc(C(=O)C2CC3CCC2C3)c(C)cc1Cl. The molecule has 1 aromatic rings. The van der Waals surface area contributed by atoms with Crippen LogP contribution >= 0.6 is 11.6 Å². The number of carbonyl (C=O) groups excluding carboxylic acids is 1. The normalized spacial score (nSPS) is 29.8. The van der Waals surface area contributed by atoms with E-state index >= 15 is 0 Å². The van der Waals surface area contributed by atoms with Crippen molar-refractivity contribution in [3.63, 3.8) is 0 Å². The average Bonchev–Trinajstić information content (AvgIpc) is 2.95. The van der Waals surface area contributed by atoms with Gasteiger partial charge < -0.3 is 0 Å². The minimum absolute atomic E-state index is 0.281. The number of aryl methyl sites for hydroxylation is 2. The summed E-state index contributed by atoms with van der Waals surface area (Å²) in [5, 5.41) is 0.761. The number of carbonyl (C=O) groups is 1. The van der Waals surface area contributed by atoms with Crippen molar-refractivity contribution < 1.29 is 4.79 Å². The highest BCUT2D eigenvalue weighted by Gasteiger charge is 2.43. The number of hydrogen-bond donors (Lipinski definition) is 0. The first-order chi connectivity index (χ1) is 8.56. The van der Waals surface area contributed by atoms with E-state index in [-0.39, 0.29) is 5.92 Å². The zero-order chi connectivity index (χ0) is 12.9. The topological polar surface area (TPSA) is 17.1 Å². The fraction of sp³-hybridized carbons (Fsp3) is 0.562. The molecule has 2 aliphatic rings. The first-order valence-electron chi connectivity index (χ1n) is 6.87. The van der Waals surface area contributed by atoms with Crippen LogP contribution < -0.4 is 0 Å². The number of Topliss-reactive ketones (excluding diaryl/α,β-unsaturated/α-hetero) is 1. The maximum atomic E-state index is 12.7. The summed E-state index contributed by atoms with van der Waals surface area (Å²) >= 11 is 6.10. The molecule has 1 aromatic carbocycles. The van der Waals surface area contributed by atoms with Crippen molar-refractivity contribution in [2.75, 3.05) is 0 Å². The summed E-state index contributed by atoms with van der Waals surface area (Å²) < 4.78 is 0. The molecule has 0 spiro atoms. The third kappa shape index (κ3) is 1.89. The van der Waals surface area contributed by atoms with Crippen molar-refractivity contribution >= 4 is 17.4 Å². The molecule has 3 unspecified atom stereocenters. The largest absolute Gasteiger partial charge is 0.294 e. The molecule has 1 nitrogen and oxygen atoms in total. The van der Waals surface area contributed by atoms with Gasteiger partial charge in [-0.05, 0) is 68.2 Å². The fourth-order valence-electron chi connectivity index (χ4n) is 3.81. The van der Waals surface area contributed by atoms with E-state index in [2.05, 4.69) is 0 Å². The second kappa shape index (κ2) is 4.38. The molecule has 2 fully saturated rings. The zero-order valence-electron chi connectivity index (χ0n) is 11.0. The van der Waals surface area contributed by atoms with Gasteiger partial charge in [-0.3, -0.25) is 4.79 Å². The van der Waals surface area contributed by atoms with Gasteiger partial charge in [0.15, 0.2) is 5.78 Å². The number of halogens is 1. The maximum Gasteiger partial charge on any atom is 0.166 e. The van der Waals surface area contributed by atoms with E-state index in [9.17, 15) is 4.79 Å². The predicted octanol–water partition coefficient (Wildman–Crippen LogP) is 4.58. The Labute approximate surface area is 114 Å². The molecule has 2 heteroatoms. The lowest BCUT2D eigenvalue weighted by atomic mass is 9.82.